The predicted molar refractivity (Wildman–Crippen MR) is 157 cm³/mol. The summed E-state index contributed by atoms with van der Waals surface area (Å²) in [6, 6.07) is 9.34. The quantitative estimate of drug-likeness (QED) is 0.245. The molecule has 1 aliphatic heterocycles. The number of anilines is 2. The predicted octanol–water partition coefficient (Wildman–Crippen LogP) is 6.88. The van der Waals surface area contributed by atoms with Crippen LogP contribution in [0.25, 0.3) is 0 Å². The molecule has 1 unspecified atom stereocenters. The van der Waals surface area contributed by atoms with Crippen molar-refractivity contribution in [2.24, 2.45) is 0 Å². The minimum absolute atomic E-state index is 0.209. The average molecular weight is 601 g/mol. The molecule has 1 amide bonds. The highest BCUT2D eigenvalue weighted by Crippen LogP contribution is 2.43. The van der Waals surface area contributed by atoms with E-state index >= 15 is 0 Å². The summed E-state index contributed by atoms with van der Waals surface area (Å²) >= 11 is 5.27. The highest BCUT2D eigenvalue weighted by Gasteiger charge is 2.35. The molecule has 1 aromatic heterocycles. The van der Waals surface area contributed by atoms with Gasteiger partial charge in [0.05, 0.1) is 23.3 Å². The second-order valence-electron chi connectivity index (χ2n) is 9.05. The second kappa shape index (κ2) is 12.3. The normalized spacial score (nSPS) is 14.7. The Morgan fingerprint density at radius 1 is 1.13 bits per heavy atom. The maximum atomic E-state index is 13.9. The number of aryl methyl sites for hydroxylation is 2. The van der Waals surface area contributed by atoms with Crippen molar-refractivity contribution in [3.8, 4) is 11.5 Å². The Bertz CT molecular complexity index is 1370. The van der Waals surface area contributed by atoms with Crippen LogP contribution in [0.3, 0.4) is 0 Å². The third kappa shape index (κ3) is 5.86. The molecule has 0 radical (unpaired) electrons. The first kappa shape index (κ1) is 28.0. The van der Waals surface area contributed by atoms with E-state index in [4.69, 9.17) is 19.6 Å². The van der Waals surface area contributed by atoms with Gasteiger partial charge in [-0.25, -0.2) is 4.68 Å². The van der Waals surface area contributed by atoms with Gasteiger partial charge in [0.1, 0.15) is 6.04 Å². The van der Waals surface area contributed by atoms with Crippen LogP contribution in [-0.2, 0) is 4.79 Å². The number of fused-ring (bicyclic) bond motifs is 1. The van der Waals surface area contributed by atoms with E-state index in [9.17, 15) is 4.79 Å². The van der Waals surface area contributed by atoms with Crippen molar-refractivity contribution in [2.45, 2.75) is 59.2 Å². The molecule has 0 bridgehead atoms. The minimum Gasteiger partial charge on any atom is -0.490 e. The number of nitrogens with zero attached hydrogens (tertiary/aromatic N) is 3. The van der Waals surface area contributed by atoms with E-state index in [1.165, 1.54) is 0 Å². The smallest absolute Gasteiger partial charge is 0.255 e. The summed E-state index contributed by atoms with van der Waals surface area (Å²) in [4.78, 5) is 18.6. The molecule has 2 heterocycles. The average Bonchev–Trinajstić information content (AvgIpc) is 3.27. The first-order valence-corrected chi connectivity index (χ1v) is 14.6. The highest BCUT2D eigenvalue weighted by atomic mass is 79.9. The fraction of sp³-hybridized carbons (Fsp3) is 0.393. The van der Waals surface area contributed by atoms with Crippen LogP contribution in [0.1, 0.15) is 56.8 Å². The van der Waals surface area contributed by atoms with E-state index in [1.54, 1.807) is 16.4 Å². The van der Waals surface area contributed by atoms with Gasteiger partial charge in [-0.15, -0.1) is 5.10 Å². The number of aromatic nitrogens is 3. The Balaban J connectivity index is 1.84. The van der Waals surface area contributed by atoms with E-state index in [-0.39, 0.29) is 5.91 Å². The number of nitrogens with one attached hydrogen (secondary N) is 2. The van der Waals surface area contributed by atoms with Gasteiger partial charge in [0.25, 0.3) is 5.91 Å². The summed E-state index contributed by atoms with van der Waals surface area (Å²) in [5, 5.41) is 11.9. The summed E-state index contributed by atoms with van der Waals surface area (Å²) in [5.41, 5.74) is 5.00. The lowest BCUT2D eigenvalue weighted by atomic mass is 9.94. The molecule has 0 spiro atoms. The molecule has 1 atom stereocenters. The van der Waals surface area contributed by atoms with Crippen LogP contribution < -0.4 is 20.1 Å². The first-order valence-electron chi connectivity index (χ1n) is 12.8. The maximum absolute atomic E-state index is 13.9. The Morgan fingerprint density at radius 2 is 1.89 bits per heavy atom. The lowest BCUT2D eigenvalue weighted by Gasteiger charge is -2.29. The summed E-state index contributed by atoms with van der Waals surface area (Å²) < 4.78 is 14.4. The van der Waals surface area contributed by atoms with E-state index in [0.29, 0.717) is 47.1 Å². The molecule has 0 saturated heterocycles. The zero-order valence-electron chi connectivity index (χ0n) is 22.6. The van der Waals surface area contributed by atoms with Crippen LogP contribution in [0.15, 0.2) is 51.2 Å². The third-order valence-electron chi connectivity index (χ3n) is 6.08. The van der Waals surface area contributed by atoms with Crippen LogP contribution >= 0.6 is 27.7 Å². The first-order chi connectivity index (χ1) is 18.3. The lowest BCUT2D eigenvalue weighted by Crippen LogP contribution is -2.31. The van der Waals surface area contributed by atoms with Gasteiger partial charge in [-0.1, -0.05) is 36.4 Å². The van der Waals surface area contributed by atoms with Gasteiger partial charge >= 0.3 is 0 Å². The third-order valence-corrected chi connectivity index (χ3v) is 7.71. The number of halogens is 1. The van der Waals surface area contributed by atoms with Crippen LogP contribution in [-0.4, -0.2) is 39.6 Å². The Morgan fingerprint density at radius 3 is 2.58 bits per heavy atom. The summed E-state index contributed by atoms with van der Waals surface area (Å²) in [5.74, 6) is 2.53. The fourth-order valence-electron chi connectivity index (χ4n) is 4.42. The lowest BCUT2D eigenvalue weighted by molar-refractivity contribution is -0.113. The van der Waals surface area contributed by atoms with Crippen LogP contribution in [0.4, 0.5) is 11.6 Å². The van der Waals surface area contributed by atoms with Crippen molar-refractivity contribution in [1.29, 1.82) is 0 Å². The summed E-state index contributed by atoms with van der Waals surface area (Å²) in [6.45, 7) is 12.9. The molecule has 38 heavy (non-hydrogen) atoms. The molecule has 0 saturated carbocycles. The van der Waals surface area contributed by atoms with Crippen LogP contribution in [0, 0.1) is 13.8 Å². The van der Waals surface area contributed by atoms with Gasteiger partial charge in [-0.05, 0) is 86.3 Å². The molecule has 1 aliphatic rings. The summed E-state index contributed by atoms with van der Waals surface area (Å²) in [6.07, 6.45) is 1.01. The Labute approximate surface area is 236 Å². The van der Waals surface area contributed by atoms with Gasteiger partial charge < -0.3 is 20.1 Å². The van der Waals surface area contributed by atoms with Gasteiger partial charge in [0.15, 0.2) is 11.5 Å². The standard InChI is InChI=1S/C28H34BrN5O3S/c1-7-12-38-28-32-27-30-18(6)23(26(35)31-21-11-10-16(4)13-17(21)5)24(34(27)33-28)19-14-20(29)25(37-9-3)22(15-19)36-8-2/h10-11,13-15,24H,7-9,12H2,1-6H3,(H,31,35)(H,30,32,33). The molecule has 0 aliphatic carbocycles. The molecule has 3 aromatic rings. The molecule has 8 nitrogen and oxygen atoms in total. The number of benzene rings is 2. The molecule has 2 N–H and O–H groups in total. The zero-order valence-corrected chi connectivity index (χ0v) is 25.0. The largest absolute Gasteiger partial charge is 0.490 e. The number of carbonyl (C=O) groups is 1. The van der Waals surface area contributed by atoms with Gasteiger partial charge in [0.2, 0.25) is 11.1 Å². The topological polar surface area (TPSA) is 90.3 Å². The van der Waals surface area contributed by atoms with E-state index in [1.807, 2.05) is 58.9 Å². The molecule has 202 valence electrons. The number of thioether (sulfide) groups is 1. The van der Waals surface area contributed by atoms with E-state index in [2.05, 4.69) is 39.6 Å². The Hall–Kier alpha value is -2.98. The van der Waals surface area contributed by atoms with Crippen molar-refractivity contribution in [2.75, 3.05) is 29.6 Å². The fourth-order valence-corrected chi connectivity index (χ4v) is 5.68. The molecule has 4 rings (SSSR count). The number of hydrogen-bond acceptors (Lipinski definition) is 7. The van der Waals surface area contributed by atoms with Gasteiger partial charge in [-0.3, -0.25) is 4.79 Å². The Kier molecular flexibility index (Phi) is 9.04. The van der Waals surface area contributed by atoms with Crippen LogP contribution in [0.5, 0.6) is 11.5 Å². The van der Waals surface area contributed by atoms with Gasteiger partial charge in [-0.2, -0.15) is 4.98 Å². The monoisotopic (exact) mass is 599 g/mol. The number of rotatable bonds is 10. The molecule has 0 fully saturated rings. The number of hydrogen-bond donors (Lipinski definition) is 2. The minimum atomic E-state index is -0.535. The maximum Gasteiger partial charge on any atom is 0.255 e. The number of amides is 1. The summed E-state index contributed by atoms with van der Waals surface area (Å²) in [7, 11) is 0. The second-order valence-corrected chi connectivity index (χ2v) is 11.0. The molecular weight excluding hydrogens is 566 g/mol. The van der Waals surface area contributed by atoms with Crippen LogP contribution in [0.2, 0.25) is 0 Å². The van der Waals surface area contributed by atoms with Crippen molar-refractivity contribution in [3.63, 3.8) is 0 Å². The zero-order chi connectivity index (χ0) is 27.4. The van der Waals surface area contributed by atoms with E-state index < -0.39 is 6.04 Å². The van der Waals surface area contributed by atoms with Crippen molar-refractivity contribution < 1.29 is 14.3 Å². The molecular formula is C28H34BrN5O3S. The highest BCUT2D eigenvalue weighted by molar-refractivity contribution is 9.10. The number of carbonyl (C=O) groups excluding carboxylic acids is 1. The van der Waals surface area contributed by atoms with E-state index in [0.717, 1.165) is 39.0 Å². The van der Waals surface area contributed by atoms with Crippen molar-refractivity contribution in [3.05, 3.63) is 62.8 Å². The van der Waals surface area contributed by atoms with Crippen molar-refractivity contribution >= 4 is 45.2 Å². The molecule has 10 heteroatoms. The van der Waals surface area contributed by atoms with Crippen molar-refractivity contribution in [1.82, 2.24) is 14.8 Å². The van der Waals surface area contributed by atoms with Gasteiger partial charge in [0, 0.05) is 17.1 Å². The number of allylic oxidation sites excluding steroid dienone is 1. The SMILES string of the molecule is CCCSc1nc2n(n1)C(c1cc(Br)c(OCC)c(OCC)c1)C(C(=O)Nc1ccc(C)cc1C)=C(C)N2. The molecule has 2 aromatic carbocycles. The number of ether oxygens (including phenoxy) is 2.